The molecule has 0 bridgehead atoms. The predicted molar refractivity (Wildman–Crippen MR) is 86.3 cm³/mol. The van der Waals surface area contributed by atoms with Crippen molar-refractivity contribution in [3.63, 3.8) is 0 Å². The minimum atomic E-state index is -0.356. The number of thioether (sulfide) groups is 1. The van der Waals surface area contributed by atoms with Gasteiger partial charge in [-0.05, 0) is 58.6 Å². The van der Waals surface area contributed by atoms with Crippen LogP contribution >= 0.6 is 11.8 Å². The van der Waals surface area contributed by atoms with Gasteiger partial charge >= 0.3 is 0 Å². The van der Waals surface area contributed by atoms with E-state index >= 15 is 0 Å². The zero-order chi connectivity index (χ0) is 15.3. The summed E-state index contributed by atoms with van der Waals surface area (Å²) >= 11 is 1.73. The Morgan fingerprint density at radius 3 is 2.76 bits per heavy atom. The van der Waals surface area contributed by atoms with Crippen LogP contribution in [0.2, 0.25) is 0 Å². The molecule has 2 unspecified atom stereocenters. The van der Waals surface area contributed by atoms with E-state index in [0.29, 0.717) is 5.25 Å². The van der Waals surface area contributed by atoms with Gasteiger partial charge in [-0.15, -0.1) is 0 Å². The molecule has 0 spiro atoms. The number of hydrogen-bond acceptors (Lipinski definition) is 5. The summed E-state index contributed by atoms with van der Waals surface area (Å²) in [5.41, 5.74) is 1.66. The van der Waals surface area contributed by atoms with Gasteiger partial charge in [0.2, 0.25) is 0 Å². The smallest absolute Gasteiger partial charge is 0.188 e. The lowest BCUT2D eigenvalue weighted by molar-refractivity contribution is 0.304. The van der Waals surface area contributed by atoms with Crippen molar-refractivity contribution in [3.05, 3.63) is 17.5 Å². The van der Waals surface area contributed by atoms with Gasteiger partial charge in [0.25, 0.3) is 0 Å². The van der Waals surface area contributed by atoms with Gasteiger partial charge in [0.15, 0.2) is 5.16 Å². The molecule has 1 saturated carbocycles. The molecule has 0 saturated heterocycles. The molecule has 5 heteroatoms. The maximum absolute atomic E-state index is 9.59. The highest BCUT2D eigenvalue weighted by Crippen LogP contribution is 2.37. The summed E-state index contributed by atoms with van der Waals surface area (Å²) in [6.07, 6.45) is 5.12. The van der Waals surface area contributed by atoms with Crippen LogP contribution in [-0.4, -0.2) is 27.3 Å². The van der Waals surface area contributed by atoms with E-state index in [1.807, 2.05) is 19.9 Å². The molecular weight excluding hydrogens is 280 g/mol. The Morgan fingerprint density at radius 2 is 2.14 bits per heavy atom. The lowest BCUT2D eigenvalue weighted by Gasteiger charge is -2.36. The highest BCUT2D eigenvalue weighted by molar-refractivity contribution is 7.99. The number of nitrogens with zero attached hydrogens (tertiary/aromatic N) is 3. The standard InChI is InChI=1S/C16H24N4S/c1-4-8-18-16(11-17)7-5-6-14(10-16)21-15-19-12(2)9-13(3)20-15/h9,14,18H,4-8,10H2,1-3H3. The summed E-state index contributed by atoms with van der Waals surface area (Å²) in [5.74, 6) is 0. The minimum absolute atomic E-state index is 0.356. The number of nitrogens with one attached hydrogen (secondary N) is 1. The van der Waals surface area contributed by atoms with Crippen molar-refractivity contribution in [2.45, 2.75) is 68.8 Å². The molecular formula is C16H24N4S. The fraction of sp³-hybridized carbons (Fsp3) is 0.688. The monoisotopic (exact) mass is 304 g/mol. The van der Waals surface area contributed by atoms with E-state index in [-0.39, 0.29) is 5.54 Å². The van der Waals surface area contributed by atoms with Crippen molar-refractivity contribution in [3.8, 4) is 6.07 Å². The highest BCUT2D eigenvalue weighted by atomic mass is 32.2. The molecule has 0 radical (unpaired) electrons. The first-order chi connectivity index (χ1) is 10.1. The average Bonchev–Trinajstić information content (AvgIpc) is 2.44. The Morgan fingerprint density at radius 1 is 1.43 bits per heavy atom. The van der Waals surface area contributed by atoms with Crippen LogP contribution in [0.25, 0.3) is 0 Å². The van der Waals surface area contributed by atoms with Crippen molar-refractivity contribution in [2.75, 3.05) is 6.54 Å². The largest absolute Gasteiger partial charge is 0.299 e. The van der Waals surface area contributed by atoms with Crippen LogP contribution in [-0.2, 0) is 0 Å². The molecule has 2 atom stereocenters. The van der Waals surface area contributed by atoms with Crippen molar-refractivity contribution in [1.82, 2.24) is 15.3 Å². The summed E-state index contributed by atoms with van der Waals surface area (Å²) in [5, 5.41) is 14.3. The maximum Gasteiger partial charge on any atom is 0.188 e. The van der Waals surface area contributed by atoms with E-state index in [2.05, 4.69) is 28.3 Å². The van der Waals surface area contributed by atoms with Gasteiger partial charge in [-0.2, -0.15) is 5.26 Å². The molecule has 1 aromatic rings. The predicted octanol–water partition coefficient (Wildman–Crippen LogP) is 3.39. The first kappa shape index (κ1) is 16.3. The quantitative estimate of drug-likeness (QED) is 0.845. The summed E-state index contributed by atoms with van der Waals surface area (Å²) < 4.78 is 0. The van der Waals surface area contributed by atoms with E-state index in [0.717, 1.165) is 55.2 Å². The number of rotatable bonds is 5. The summed E-state index contributed by atoms with van der Waals surface area (Å²) in [4.78, 5) is 9.02. The van der Waals surface area contributed by atoms with Gasteiger partial charge in [0.05, 0.1) is 6.07 Å². The van der Waals surface area contributed by atoms with E-state index in [9.17, 15) is 5.26 Å². The molecule has 21 heavy (non-hydrogen) atoms. The minimum Gasteiger partial charge on any atom is -0.299 e. The number of aryl methyl sites for hydroxylation is 2. The van der Waals surface area contributed by atoms with Crippen LogP contribution < -0.4 is 5.32 Å². The highest BCUT2D eigenvalue weighted by Gasteiger charge is 2.36. The van der Waals surface area contributed by atoms with Gasteiger partial charge in [-0.25, -0.2) is 9.97 Å². The van der Waals surface area contributed by atoms with E-state index < -0.39 is 0 Å². The first-order valence-electron chi connectivity index (χ1n) is 7.72. The SMILES string of the molecule is CCCNC1(C#N)CCCC(Sc2nc(C)cc(C)n2)C1. The molecule has 1 N–H and O–H groups in total. The van der Waals surface area contributed by atoms with E-state index in [1.54, 1.807) is 11.8 Å². The van der Waals surface area contributed by atoms with Crippen molar-refractivity contribution < 1.29 is 0 Å². The molecule has 0 aromatic carbocycles. The lowest BCUT2D eigenvalue weighted by Crippen LogP contribution is -2.48. The van der Waals surface area contributed by atoms with Gasteiger partial charge < -0.3 is 0 Å². The van der Waals surface area contributed by atoms with Gasteiger partial charge in [0.1, 0.15) is 5.54 Å². The molecule has 1 aliphatic rings. The van der Waals surface area contributed by atoms with E-state index in [1.165, 1.54) is 0 Å². The van der Waals surface area contributed by atoms with Gasteiger partial charge in [-0.1, -0.05) is 18.7 Å². The molecule has 114 valence electrons. The number of nitriles is 1. The van der Waals surface area contributed by atoms with Crippen LogP contribution in [0.4, 0.5) is 0 Å². The second-order valence-corrected chi connectivity index (χ2v) is 7.16. The van der Waals surface area contributed by atoms with Crippen LogP contribution in [0.3, 0.4) is 0 Å². The lowest BCUT2D eigenvalue weighted by atomic mass is 9.82. The molecule has 0 aliphatic heterocycles. The summed E-state index contributed by atoms with van der Waals surface area (Å²) in [6.45, 7) is 7.05. The molecule has 1 aliphatic carbocycles. The summed E-state index contributed by atoms with van der Waals surface area (Å²) in [6, 6.07) is 4.52. The Bertz CT molecular complexity index is 505. The number of aromatic nitrogens is 2. The van der Waals surface area contributed by atoms with Crippen molar-refractivity contribution in [2.24, 2.45) is 0 Å². The Kier molecular flexibility index (Phi) is 5.60. The normalized spacial score (nSPS) is 25.5. The first-order valence-corrected chi connectivity index (χ1v) is 8.60. The zero-order valence-electron chi connectivity index (χ0n) is 13.1. The van der Waals surface area contributed by atoms with Gasteiger partial charge in [-0.3, -0.25) is 5.32 Å². The molecule has 1 heterocycles. The van der Waals surface area contributed by atoms with Gasteiger partial charge in [0, 0.05) is 16.6 Å². The van der Waals surface area contributed by atoms with Crippen LogP contribution in [0.15, 0.2) is 11.2 Å². The molecule has 2 rings (SSSR count). The third-order valence-electron chi connectivity index (χ3n) is 3.87. The summed E-state index contributed by atoms with van der Waals surface area (Å²) in [7, 11) is 0. The molecule has 1 aromatic heterocycles. The molecule has 4 nitrogen and oxygen atoms in total. The maximum atomic E-state index is 9.59. The van der Waals surface area contributed by atoms with Crippen LogP contribution in [0.1, 0.15) is 50.4 Å². The topological polar surface area (TPSA) is 61.6 Å². The van der Waals surface area contributed by atoms with Crippen LogP contribution in [0.5, 0.6) is 0 Å². The van der Waals surface area contributed by atoms with Crippen molar-refractivity contribution >= 4 is 11.8 Å². The Balaban J connectivity index is 2.05. The zero-order valence-corrected chi connectivity index (χ0v) is 14.0. The molecule has 0 amide bonds. The second-order valence-electron chi connectivity index (χ2n) is 5.89. The van der Waals surface area contributed by atoms with Crippen LogP contribution in [0, 0.1) is 25.2 Å². The molecule has 1 fully saturated rings. The third-order valence-corrected chi connectivity index (χ3v) is 5.00. The number of hydrogen-bond donors (Lipinski definition) is 1. The fourth-order valence-electron chi connectivity index (χ4n) is 2.89. The Hall–Kier alpha value is -1.12. The van der Waals surface area contributed by atoms with Crippen molar-refractivity contribution in [1.29, 1.82) is 5.26 Å². The fourth-order valence-corrected chi connectivity index (χ4v) is 4.23. The Labute approximate surface area is 131 Å². The average molecular weight is 304 g/mol. The third kappa shape index (κ3) is 4.42. The second kappa shape index (κ2) is 7.24. The van der Waals surface area contributed by atoms with E-state index in [4.69, 9.17) is 0 Å².